The number of rotatable bonds is 7. The van der Waals surface area contributed by atoms with E-state index in [0.717, 1.165) is 72.4 Å². The van der Waals surface area contributed by atoms with Crippen molar-refractivity contribution in [2.24, 2.45) is 0 Å². The molecule has 0 fully saturated rings. The van der Waals surface area contributed by atoms with E-state index in [1.54, 1.807) is 0 Å². The molecule has 0 bridgehead atoms. The molecule has 11 rings (SSSR count). The Labute approximate surface area is 335 Å². The quantitative estimate of drug-likeness (QED) is 0.162. The Morgan fingerprint density at radius 3 is 1.63 bits per heavy atom. The minimum absolute atomic E-state index is 0.866. The topological polar surface area (TPSA) is 16.4 Å². The van der Waals surface area contributed by atoms with Crippen molar-refractivity contribution in [3.05, 3.63) is 212 Å². The molecule has 9 aromatic carbocycles. The monoisotopic (exact) mass is 745 g/mol. The molecular formula is C54H35NOS. The van der Waals surface area contributed by atoms with Gasteiger partial charge in [0.05, 0.1) is 16.8 Å². The highest BCUT2D eigenvalue weighted by Gasteiger charge is 2.27. The summed E-state index contributed by atoms with van der Waals surface area (Å²) in [6, 6.07) is 76.4. The molecule has 0 N–H and O–H groups in total. The first-order valence-corrected chi connectivity index (χ1v) is 20.2. The number of para-hydroxylation sites is 2. The number of furan rings is 1. The molecule has 0 radical (unpaired) electrons. The van der Waals surface area contributed by atoms with Gasteiger partial charge in [0, 0.05) is 47.9 Å². The summed E-state index contributed by atoms with van der Waals surface area (Å²) in [6.45, 7) is 0. The Bertz CT molecular complexity index is 3160. The summed E-state index contributed by atoms with van der Waals surface area (Å²) in [5, 5.41) is 4.66. The third-order valence-electron chi connectivity index (χ3n) is 11.1. The highest BCUT2D eigenvalue weighted by molar-refractivity contribution is 7.25. The molecule has 11 aromatic rings. The number of anilines is 3. The maximum atomic E-state index is 6.87. The van der Waals surface area contributed by atoms with Gasteiger partial charge < -0.3 is 9.32 Å². The lowest BCUT2D eigenvalue weighted by Crippen LogP contribution is -2.13. The van der Waals surface area contributed by atoms with Crippen LogP contribution in [0, 0.1) is 0 Å². The van der Waals surface area contributed by atoms with Gasteiger partial charge in [0.15, 0.2) is 0 Å². The van der Waals surface area contributed by atoms with E-state index in [1.807, 2.05) is 11.3 Å². The van der Waals surface area contributed by atoms with Crippen molar-refractivity contribution in [1.29, 1.82) is 0 Å². The lowest BCUT2D eigenvalue weighted by Gasteiger charge is -2.31. The Kier molecular flexibility index (Phi) is 8.04. The van der Waals surface area contributed by atoms with E-state index in [-0.39, 0.29) is 0 Å². The average molecular weight is 746 g/mol. The highest BCUT2D eigenvalue weighted by Crippen LogP contribution is 2.52. The summed E-state index contributed by atoms with van der Waals surface area (Å²) < 4.78 is 9.41. The van der Waals surface area contributed by atoms with Crippen LogP contribution in [0.2, 0.25) is 0 Å². The van der Waals surface area contributed by atoms with Crippen molar-refractivity contribution in [2.75, 3.05) is 4.90 Å². The normalized spacial score (nSPS) is 11.5. The Balaban J connectivity index is 1.24. The minimum Gasteiger partial charge on any atom is -0.455 e. The fraction of sp³-hybridized carbons (Fsp3) is 0. The molecule has 2 nitrogen and oxygen atoms in total. The van der Waals surface area contributed by atoms with Gasteiger partial charge in [-0.05, 0) is 70.3 Å². The molecule has 0 aliphatic heterocycles. The zero-order valence-electron chi connectivity index (χ0n) is 31.0. The Hall–Kier alpha value is -7.20. The first-order chi connectivity index (χ1) is 28.3. The molecule has 0 atom stereocenters. The summed E-state index contributed by atoms with van der Waals surface area (Å²) >= 11 is 1.85. The lowest BCUT2D eigenvalue weighted by atomic mass is 9.93. The van der Waals surface area contributed by atoms with E-state index in [2.05, 4.69) is 217 Å². The molecule has 0 amide bonds. The number of thiophene rings is 1. The van der Waals surface area contributed by atoms with E-state index in [1.165, 1.54) is 31.3 Å². The van der Waals surface area contributed by atoms with Crippen molar-refractivity contribution in [3.63, 3.8) is 0 Å². The summed E-state index contributed by atoms with van der Waals surface area (Å²) in [5.41, 5.74) is 14.2. The van der Waals surface area contributed by atoms with Crippen LogP contribution in [0.5, 0.6) is 0 Å². The number of hydrogen-bond acceptors (Lipinski definition) is 3. The van der Waals surface area contributed by atoms with Crippen LogP contribution in [0.1, 0.15) is 0 Å². The van der Waals surface area contributed by atoms with E-state index >= 15 is 0 Å². The smallest absolute Gasteiger partial charge is 0.145 e. The molecule has 0 unspecified atom stereocenters. The molecule has 2 aromatic heterocycles. The largest absolute Gasteiger partial charge is 0.455 e. The second-order valence-electron chi connectivity index (χ2n) is 14.4. The summed E-state index contributed by atoms with van der Waals surface area (Å²) in [5.74, 6) is 0. The summed E-state index contributed by atoms with van der Waals surface area (Å²) in [4.78, 5) is 2.49. The van der Waals surface area contributed by atoms with Crippen molar-refractivity contribution in [3.8, 4) is 44.5 Å². The Morgan fingerprint density at radius 1 is 0.368 bits per heavy atom. The van der Waals surface area contributed by atoms with E-state index < -0.39 is 0 Å². The third-order valence-corrected chi connectivity index (χ3v) is 12.2. The predicted molar refractivity (Wildman–Crippen MR) is 243 cm³/mol. The molecular weight excluding hydrogens is 711 g/mol. The molecule has 2 heterocycles. The van der Waals surface area contributed by atoms with Crippen LogP contribution in [0.25, 0.3) is 86.6 Å². The number of hydrogen-bond donors (Lipinski definition) is 0. The second-order valence-corrected chi connectivity index (χ2v) is 15.5. The molecule has 0 saturated heterocycles. The van der Waals surface area contributed by atoms with Crippen LogP contribution < -0.4 is 4.90 Å². The van der Waals surface area contributed by atoms with Gasteiger partial charge in [-0.1, -0.05) is 170 Å². The van der Waals surface area contributed by atoms with Crippen LogP contribution in [0.3, 0.4) is 0 Å². The van der Waals surface area contributed by atoms with Crippen molar-refractivity contribution in [2.45, 2.75) is 0 Å². The van der Waals surface area contributed by atoms with E-state index in [4.69, 9.17) is 4.42 Å². The van der Waals surface area contributed by atoms with Crippen molar-refractivity contribution >= 4 is 70.5 Å². The molecule has 57 heavy (non-hydrogen) atoms. The molecule has 0 saturated carbocycles. The minimum atomic E-state index is 0.866. The third kappa shape index (κ3) is 5.71. The van der Waals surface area contributed by atoms with Gasteiger partial charge in [-0.15, -0.1) is 11.3 Å². The van der Waals surface area contributed by atoms with Crippen LogP contribution in [0.4, 0.5) is 17.1 Å². The summed E-state index contributed by atoms with van der Waals surface area (Å²) in [6.07, 6.45) is 0. The van der Waals surface area contributed by atoms with Crippen molar-refractivity contribution in [1.82, 2.24) is 0 Å². The zero-order chi connectivity index (χ0) is 37.7. The Morgan fingerprint density at radius 2 is 0.965 bits per heavy atom. The van der Waals surface area contributed by atoms with Gasteiger partial charge >= 0.3 is 0 Å². The zero-order valence-corrected chi connectivity index (χ0v) is 31.8. The first-order valence-electron chi connectivity index (χ1n) is 19.3. The standard InChI is InChI=1S/C54H35NOS/c1-5-16-36(17-6-1)40-28-30-45-47-35-41(29-33-50(47)57-51(45)34-40)55(53-42(37-18-7-2-8-19-37)25-15-26-43(53)38-20-9-3-10-21-38)48-32-31-44(39-22-11-4-12-23-39)54-52(48)46-24-13-14-27-49(46)56-54/h1-35H. The number of nitrogens with zero attached hydrogens (tertiary/aromatic N) is 1. The molecule has 0 spiro atoms. The first kappa shape index (κ1) is 33.2. The lowest BCUT2D eigenvalue weighted by molar-refractivity contribution is 0.670. The van der Waals surface area contributed by atoms with Crippen LogP contribution in [0.15, 0.2) is 217 Å². The van der Waals surface area contributed by atoms with Gasteiger partial charge in [0.2, 0.25) is 0 Å². The second kappa shape index (κ2) is 13.8. The maximum absolute atomic E-state index is 6.87. The highest BCUT2D eigenvalue weighted by atomic mass is 32.1. The van der Waals surface area contributed by atoms with Crippen LogP contribution >= 0.6 is 11.3 Å². The molecule has 268 valence electrons. The van der Waals surface area contributed by atoms with Crippen molar-refractivity contribution < 1.29 is 4.42 Å². The van der Waals surface area contributed by atoms with Gasteiger partial charge in [0.1, 0.15) is 11.2 Å². The summed E-state index contributed by atoms with van der Waals surface area (Å²) in [7, 11) is 0. The van der Waals surface area contributed by atoms with E-state index in [0.29, 0.717) is 0 Å². The van der Waals surface area contributed by atoms with Gasteiger partial charge in [-0.2, -0.15) is 0 Å². The maximum Gasteiger partial charge on any atom is 0.145 e. The molecule has 0 aliphatic carbocycles. The fourth-order valence-electron chi connectivity index (χ4n) is 8.43. The van der Waals surface area contributed by atoms with Crippen LogP contribution in [-0.2, 0) is 0 Å². The van der Waals surface area contributed by atoms with Gasteiger partial charge in [-0.3, -0.25) is 0 Å². The number of benzene rings is 9. The predicted octanol–water partition coefficient (Wildman–Crippen LogP) is 16.1. The molecule has 3 heteroatoms. The van der Waals surface area contributed by atoms with Crippen LogP contribution in [-0.4, -0.2) is 0 Å². The van der Waals surface area contributed by atoms with Gasteiger partial charge in [-0.25, -0.2) is 0 Å². The SMILES string of the molecule is c1ccc(-c2ccc3c(c2)sc2ccc(N(c4c(-c5ccccc5)cccc4-c4ccccc4)c4ccc(-c5ccccc5)c5oc6ccccc6c45)cc23)cc1. The number of fused-ring (bicyclic) bond motifs is 6. The fourth-order valence-corrected chi connectivity index (χ4v) is 9.56. The van der Waals surface area contributed by atoms with E-state index in [9.17, 15) is 0 Å². The average Bonchev–Trinajstić information content (AvgIpc) is 3.86. The molecule has 0 aliphatic rings. The van der Waals surface area contributed by atoms with Gasteiger partial charge in [0.25, 0.3) is 0 Å².